The van der Waals surface area contributed by atoms with Crippen LogP contribution >= 0.6 is 0 Å². The number of hydrogen-bond acceptors (Lipinski definition) is 5. The quantitative estimate of drug-likeness (QED) is 0.702. The zero-order valence-corrected chi connectivity index (χ0v) is 16.6. The van der Waals surface area contributed by atoms with Crippen molar-refractivity contribution < 1.29 is 21.6 Å². The third-order valence-corrected chi connectivity index (χ3v) is 7.34. The van der Waals surface area contributed by atoms with Gasteiger partial charge in [0.05, 0.1) is 9.79 Å². The monoisotopic (exact) mass is 395 g/mol. The zero-order chi connectivity index (χ0) is 19.7. The molecule has 2 aromatic rings. The molecule has 0 radical (unpaired) electrons. The first-order valence-electron chi connectivity index (χ1n) is 7.83. The Morgan fingerprint density at radius 3 is 1.77 bits per heavy atom. The molecule has 2 aromatic carbocycles. The lowest BCUT2D eigenvalue weighted by atomic mass is 10.1. The number of hydrogen-bond donors (Lipinski definition) is 0. The summed E-state index contributed by atoms with van der Waals surface area (Å²) < 4.78 is 49.9. The molecular formula is C18H21NO5S2. The van der Waals surface area contributed by atoms with Crippen LogP contribution < -0.4 is 0 Å². The Hall–Kier alpha value is -2.03. The lowest BCUT2D eigenvalue weighted by Crippen LogP contribution is -2.29. The van der Waals surface area contributed by atoms with Gasteiger partial charge >= 0.3 is 0 Å². The van der Waals surface area contributed by atoms with E-state index >= 15 is 0 Å². The van der Waals surface area contributed by atoms with E-state index in [0.717, 1.165) is 6.26 Å². The molecule has 0 amide bonds. The Kier molecular flexibility index (Phi) is 5.70. The first-order chi connectivity index (χ1) is 11.9. The van der Waals surface area contributed by atoms with Gasteiger partial charge in [0.2, 0.25) is 10.0 Å². The van der Waals surface area contributed by atoms with E-state index in [1.165, 1.54) is 54.7 Å². The Bertz CT molecular complexity index is 1010. The van der Waals surface area contributed by atoms with E-state index in [0.29, 0.717) is 11.1 Å². The van der Waals surface area contributed by atoms with Gasteiger partial charge < -0.3 is 0 Å². The number of ketones is 1. The molecule has 0 N–H and O–H groups in total. The van der Waals surface area contributed by atoms with Gasteiger partial charge in [-0.3, -0.25) is 4.79 Å². The van der Waals surface area contributed by atoms with Crippen LogP contribution in [0.3, 0.4) is 0 Å². The summed E-state index contributed by atoms with van der Waals surface area (Å²) in [5, 5.41) is 0. The lowest BCUT2D eigenvalue weighted by molar-refractivity contribution is 0.101. The number of benzene rings is 2. The fourth-order valence-electron chi connectivity index (χ4n) is 2.44. The molecule has 0 saturated heterocycles. The van der Waals surface area contributed by atoms with E-state index in [4.69, 9.17) is 0 Å². The van der Waals surface area contributed by atoms with Crippen LogP contribution in [0.4, 0.5) is 0 Å². The average Bonchev–Trinajstić information content (AvgIpc) is 2.59. The van der Waals surface area contributed by atoms with Gasteiger partial charge in [0.15, 0.2) is 15.6 Å². The maximum absolute atomic E-state index is 12.8. The van der Waals surface area contributed by atoms with Crippen molar-refractivity contribution >= 4 is 25.6 Å². The topological polar surface area (TPSA) is 88.6 Å². The summed E-state index contributed by atoms with van der Waals surface area (Å²) in [4.78, 5) is 11.6. The molecule has 8 heteroatoms. The van der Waals surface area contributed by atoms with Gasteiger partial charge in [-0.25, -0.2) is 16.8 Å². The first-order valence-corrected chi connectivity index (χ1v) is 11.2. The van der Waals surface area contributed by atoms with E-state index < -0.39 is 25.9 Å². The Labute approximate surface area is 154 Å². The number of rotatable bonds is 6. The van der Waals surface area contributed by atoms with Crippen molar-refractivity contribution in [2.45, 2.75) is 29.7 Å². The Balaban J connectivity index is 2.30. The summed E-state index contributed by atoms with van der Waals surface area (Å²) in [5.74, 6) is -0.137. The number of carbonyl (C=O) groups excluding carboxylic acids is 1. The molecule has 1 atom stereocenters. The molecule has 0 aromatic heterocycles. The highest BCUT2D eigenvalue weighted by molar-refractivity contribution is 7.90. The third kappa shape index (κ3) is 4.20. The maximum Gasteiger partial charge on any atom is 0.243 e. The van der Waals surface area contributed by atoms with Crippen molar-refractivity contribution in [3.63, 3.8) is 0 Å². The van der Waals surface area contributed by atoms with Gasteiger partial charge in [0, 0.05) is 24.9 Å². The van der Waals surface area contributed by atoms with Gasteiger partial charge in [-0.05, 0) is 43.7 Å². The van der Waals surface area contributed by atoms with Crippen LogP contribution in [0.5, 0.6) is 0 Å². The van der Waals surface area contributed by atoms with Gasteiger partial charge in [0.25, 0.3) is 0 Å². The summed E-state index contributed by atoms with van der Waals surface area (Å²) in [6.07, 6.45) is 1.12. The van der Waals surface area contributed by atoms with Crippen molar-refractivity contribution in [1.82, 2.24) is 4.31 Å². The molecule has 2 rings (SSSR count). The lowest BCUT2D eigenvalue weighted by Gasteiger charge is -2.25. The standard InChI is InChI=1S/C18H21NO5S2/c1-13(15-5-9-17(10-6-15)25(4,21)22)19(3)26(23,24)18-11-7-16(8-12-18)14(2)20/h5-13H,1-4H3/t13-/m0/s1. The molecule has 0 aliphatic rings. The minimum atomic E-state index is -3.76. The fourth-order valence-corrected chi connectivity index (χ4v) is 4.42. The van der Waals surface area contributed by atoms with E-state index in [-0.39, 0.29) is 15.6 Å². The Morgan fingerprint density at radius 2 is 1.35 bits per heavy atom. The molecule has 0 spiro atoms. The molecule has 0 heterocycles. The highest BCUT2D eigenvalue weighted by Gasteiger charge is 2.26. The smallest absolute Gasteiger partial charge is 0.243 e. The van der Waals surface area contributed by atoms with Crippen molar-refractivity contribution in [3.05, 3.63) is 59.7 Å². The molecule has 0 saturated carbocycles. The second-order valence-electron chi connectivity index (χ2n) is 6.12. The van der Waals surface area contributed by atoms with Gasteiger partial charge in [0.1, 0.15) is 0 Å². The average molecular weight is 396 g/mol. The second kappa shape index (κ2) is 7.30. The number of sulfonamides is 1. The fraction of sp³-hybridized carbons (Fsp3) is 0.278. The van der Waals surface area contributed by atoms with Crippen LogP contribution in [0, 0.1) is 0 Å². The SMILES string of the molecule is CC(=O)c1ccc(S(=O)(=O)N(C)[C@@H](C)c2ccc(S(C)(=O)=O)cc2)cc1. The molecule has 140 valence electrons. The third-order valence-electron chi connectivity index (χ3n) is 4.27. The molecule has 0 fully saturated rings. The molecular weight excluding hydrogens is 374 g/mol. The van der Waals surface area contributed by atoms with Gasteiger partial charge in [-0.1, -0.05) is 24.3 Å². The van der Waals surface area contributed by atoms with Gasteiger partial charge in [-0.2, -0.15) is 4.31 Å². The molecule has 0 bridgehead atoms. The van der Waals surface area contributed by atoms with E-state index in [9.17, 15) is 21.6 Å². The van der Waals surface area contributed by atoms with Gasteiger partial charge in [-0.15, -0.1) is 0 Å². The van der Waals surface area contributed by atoms with Crippen LogP contribution in [0.15, 0.2) is 58.3 Å². The second-order valence-corrected chi connectivity index (χ2v) is 10.1. The zero-order valence-electron chi connectivity index (χ0n) is 15.0. The molecule has 6 nitrogen and oxygen atoms in total. The maximum atomic E-state index is 12.8. The normalized spacial score (nSPS) is 13.6. The van der Waals surface area contributed by atoms with Crippen LogP contribution in [-0.4, -0.2) is 40.2 Å². The molecule has 0 unspecified atom stereocenters. The molecule has 0 aliphatic carbocycles. The highest BCUT2D eigenvalue weighted by Crippen LogP contribution is 2.26. The summed E-state index contributed by atoms with van der Waals surface area (Å²) in [7, 11) is -5.61. The largest absolute Gasteiger partial charge is 0.295 e. The number of carbonyl (C=O) groups is 1. The minimum absolute atomic E-state index is 0.0876. The molecule has 26 heavy (non-hydrogen) atoms. The van der Waals surface area contributed by atoms with E-state index in [1.54, 1.807) is 19.1 Å². The van der Waals surface area contributed by atoms with Crippen molar-refractivity contribution in [3.8, 4) is 0 Å². The van der Waals surface area contributed by atoms with Crippen molar-refractivity contribution in [1.29, 1.82) is 0 Å². The van der Waals surface area contributed by atoms with Crippen LogP contribution in [0.1, 0.15) is 35.8 Å². The Morgan fingerprint density at radius 1 is 0.885 bits per heavy atom. The predicted octanol–water partition coefficient (Wildman–Crippen LogP) is 2.67. The number of nitrogens with zero attached hydrogens (tertiary/aromatic N) is 1. The van der Waals surface area contributed by atoms with Crippen LogP contribution in [-0.2, 0) is 19.9 Å². The van der Waals surface area contributed by atoms with Crippen molar-refractivity contribution in [2.24, 2.45) is 0 Å². The summed E-state index contributed by atoms with van der Waals surface area (Å²) in [6, 6.07) is 11.4. The minimum Gasteiger partial charge on any atom is -0.295 e. The molecule has 0 aliphatic heterocycles. The number of sulfone groups is 1. The van der Waals surface area contributed by atoms with Crippen LogP contribution in [0.2, 0.25) is 0 Å². The highest BCUT2D eigenvalue weighted by atomic mass is 32.2. The first kappa shape index (κ1) is 20.3. The summed E-state index contributed by atoms with van der Waals surface area (Å²) >= 11 is 0. The van der Waals surface area contributed by atoms with Crippen molar-refractivity contribution in [2.75, 3.05) is 13.3 Å². The summed E-state index contributed by atoms with van der Waals surface area (Å²) in [6.45, 7) is 3.13. The predicted molar refractivity (Wildman–Crippen MR) is 99.4 cm³/mol. The summed E-state index contributed by atoms with van der Waals surface area (Å²) in [5.41, 5.74) is 1.11. The number of Topliss-reactive ketones (excluding diaryl/α,β-unsaturated/α-hetero) is 1. The van der Waals surface area contributed by atoms with E-state index in [2.05, 4.69) is 0 Å². The van der Waals surface area contributed by atoms with E-state index in [1.807, 2.05) is 0 Å². The van der Waals surface area contributed by atoms with Crippen LogP contribution in [0.25, 0.3) is 0 Å².